The highest BCUT2D eigenvalue weighted by atomic mass is 32.2. The number of aliphatic imine (C=N–C) groups is 1. The summed E-state index contributed by atoms with van der Waals surface area (Å²) in [5, 5.41) is 3.00. The summed E-state index contributed by atoms with van der Waals surface area (Å²) in [4.78, 5) is 20.6. The first-order chi connectivity index (χ1) is 16.7. The zero-order valence-corrected chi connectivity index (χ0v) is 19.9. The van der Waals surface area contributed by atoms with Gasteiger partial charge in [0.05, 0.1) is 18.0 Å². The number of nitrogens with two attached hydrogens (primary N) is 1. The number of rotatable bonds is 7. The summed E-state index contributed by atoms with van der Waals surface area (Å²) in [5.41, 5.74) is 9.81. The van der Waals surface area contributed by atoms with Crippen LogP contribution in [-0.2, 0) is 6.54 Å². The number of carbonyl (C=O) groups is 1. The van der Waals surface area contributed by atoms with E-state index < -0.39 is 0 Å². The second-order valence-corrected chi connectivity index (χ2v) is 8.63. The molecule has 0 spiro atoms. The summed E-state index contributed by atoms with van der Waals surface area (Å²) >= 11 is 1.70. The van der Waals surface area contributed by atoms with Crippen molar-refractivity contribution in [2.45, 2.75) is 17.9 Å². The minimum absolute atomic E-state index is 0.125. The van der Waals surface area contributed by atoms with Crippen LogP contribution in [0, 0.1) is 0 Å². The second-order valence-electron chi connectivity index (χ2n) is 7.75. The Labute approximate surface area is 204 Å². The minimum atomic E-state index is -0.125. The first-order valence-corrected chi connectivity index (χ1v) is 12.4. The number of allylic oxidation sites excluding steroid dienone is 1. The van der Waals surface area contributed by atoms with Gasteiger partial charge in [0.25, 0.3) is 5.91 Å². The number of ether oxygens (including phenoxy) is 1. The molecular weight excluding hydrogens is 444 g/mol. The Bertz CT molecular complexity index is 1190. The molecule has 0 saturated heterocycles. The first kappa shape index (κ1) is 23.4. The molecule has 6 nitrogen and oxygen atoms in total. The molecule has 1 heterocycles. The number of nitrogens with one attached hydrogen (secondary N) is 1. The Balaban J connectivity index is 1.52. The van der Waals surface area contributed by atoms with Gasteiger partial charge in [-0.3, -0.25) is 9.79 Å². The van der Waals surface area contributed by atoms with E-state index >= 15 is 0 Å². The van der Waals surface area contributed by atoms with E-state index in [1.807, 2.05) is 54.8 Å². The monoisotopic (exact) mass is 472 g/mol. The summed E-state index contributed by atoms with van der Waals surface area (Å²) in [6, 6.07) is 21.8. The molecule has 0 atom stereocenters. The molecule has 7 heteroatoms. The number of carbonyl (C=O) groups excluding carboxylic acids is 1. The lowest BCUT2D eigenvalue weighted by Gasteiger charge is -2.24. The summed E-state index contributed by atoms with van der Waals surface area (Å²) < 4.78 is 6.01. The highest BCUT2D eigenvalue weighted by Crippen LogP contribution is 2.37. The molecule has 3 N–H and O–H groups in total. The van der Waals surface area contributed by atoms with Crippen LogP contribution in [-0.4, -0.2) is 31.5 Å². The van der Waals surface area contributed by atoms with Crippen LogP contribution in [0.2, 0.25) is 0 Å². The van der Waals surface area contributed by atoms with E-state index in [1.54, 1.807) is 24.1 Å². The van der Waals surface area contributed by atoms with Gasteiger partial charge in [-0.15, -0.1) is 11.8 Å². The quantitative estimate of drug-likeness (QED) is 0.354. The van der Waals surface area contributed by atoms with Crippen molar-refractivity contribution in [1.29, 1.82) is 0 Å². The van der Waals surface area contributed by atoms with Crippen molar-refractivity contribution in [3.8, 4) is 5.75 Å². The van der Waals surface area contributed by atoms with Gasteiger partial charge in [0.1, 0.15) is 5.75 Å². The van der Waals surface area contributed by atoms with Crippen molar-refractivity contribution in [1.82, 2.24) is 5.32 Å². The highest BCUT2D eigenvalue weighted by Gasteiger charge is 2.20. The van der Waals surface area contributed by atoms with Crippen molar-refractivity contribution in [2.24, 2.45) is 10.7 Å². The Morgan fingerprint density at radius 1 is 1.18 bits per heavy atom. The average Bonchev–Trinajstić information content (AvgIpc) is 3.10. The van der Waals surface area contributed by atoms with E-state index in [4.69, 9.17) is 10.5 Å². The second kappa shape index (κ2) is 11.4. The Morgan fingerprint density at radius 2 is 2.03 bits per heavy atom. The van der Waals surface area contributed by atoms with Gasteiger partial charge < -0.3 is 20.7 Å². The van der Waals surface area contributed by atoms with Crippen molar-refractivity contribution >= 4 is 40.9 Å². The average molecular weight is 473 g/mol. The Hall–Kier alpha value is -3.71. The van der Waals surface area contributed by atoms with E-state index in [0.717, 1.165) is 35.6 Å². The van der Waals surface area contributed by atoms with Gasteiger partial charge in [-0.2, -0.15) is 0 Å². The molecule has 0 bridgehead atoms. The number of nitrogens with zero attached hydrogens (tertiary/aromatic N) is 2. The lowest BCUT2D eigenvalue weighted by molar-refractivity contribution is 0.0950. The molecule has 3 aromatic rings. The lowest BCUT2D eigenvalue weighted by atomic mass is 10.1. The fourth-order valence-corrected chi connectivity index (χ4v) is 4.14. The maximum Gasteiger partial charge on any atom is 0.251 e. The molecule has 0 aromatic heterocycles. The van der Waals surface area contributed by atoms with Crippen LogP contribution in [0.15, 0.2) is 88.9 Å². The fraction of sp³-hybridized carbons (Fsp3) is 0.185. The third kappa shape index (κ3) is 5.80. The molecule has 1 amide bonds. The molecule has 0 saturated carbocycles. The van der Waals surface area contributed by atoms with Gasteiger partial charge in [0.15, 0.2) is 0 Å². The minimum Gasteiger partial charge on any atom is -0.491 e. The number of fused-ring (bicyclic) bond motifs is 1. The standard InChI is InChI=1S/C27H28N4O2S/c1-34-24-10-7-20(8-11-24)19-30-27(32)21-9-12-25-26(17-21)33-16-4-15-31(25)23-6-2-5-22(18-23)29-14-3-13-28/h2-3,5-14,17-18H,4,15-16,19,28H2,1H3,(H,30,32). The van der Waals surface area contributed by atoms with Crippen molar-refractivity contribution in [2.75, 3.05) is 24.3 Å². The van der Waals surface area contributed by atoms with Gasteiger partial charge in [0.2, 0.25) is 0 Å². The predicted octanol–water partition coefficient (Wildman–Crippen LogP) is 5.43. The van der Waals surface area contributed by atoms with Gasteiger partial charge in [-0.25, -0.2) is 0 Å². The molecule has 0 unspecified atom stereocenters. The molecular formula is C27H28N4O2S. The molecule has 174 valence electrons. The predicted molar refractivity (Wildman–Crippen MR) is 141 cm³/mol. The van der Waals surface area contributed by atoms with Gasteiger partial charge in [-0.05, 0) is 79.0 Å². The van der Waals surface area contributed by atoms with Gasteiger partial charge in [0, 0.05) is 35.5 Å². The topological polar surface area (TPSA) is 80.0 Å². The number of benzene rings is 3. The van der Waals surface area contributed by atoms with E-state index in [9.17, 15) is 4.79 Å². The van der Waals surface area contributed by atoms with Gasteiger partial charge in [-0.1, -0.05) is 18.2 Å². The van der Waals surface area contributed by atoms with Crippen LogP contribution in [0.3, 0.4) is 0 Å². The molecule has 0 radical (unpaired) electrons. The lowest BCUT2D eigenvalue weighted by Crippen LogP contribution is -2.23. The number of hydrogen-bond donors (Lipinski definition) is 2. The molecule has 0 aliphatic carbocycles. The van der Waals surface area contributed by atoms with E-state index in [-0.39, 0.29) is 5.91 Å². The van der Waals surface area contributed by atoms with Crippen LogP contribution in [0.1, 0.15) is 22.3 Å². The third-order valence-corrected chi connectivity index (χ3v) is 6.21. The molecule has 1 aliphatic heterocycles. The molecule has 3 aromatic carbocycles. The van der Waals surface area contributed by atoms with E-state index in [1.165, 1.54) is 11.1 Å². The molecule has 1 aliphatic rings. The fourth-order valence-electron chi connectivity index (χ4n) is 3.74. The molecule has 0 fully saturated rings. The number of thioether (sulfide) groups is 1. The maximum atomic E-state index is 12.8. The van der Waals surface area contributed by atoms with Crippen molar-refractivity contribution in [3.63, 3.8) is 0 Å². The Kier molecular flexibility index (Phi) is 7.88. The molecule has 34 heavy (non-hydrogen) atoms. The van der Waals surface area contributed by atoms with Crippen molar-refractivity contribution in [3.05, 3.63) is 90.1 Å². The normalized spacial score (nSPS) is 13.5. The highest BCUT2D eigenvalue weighted by molar-refractivity contribution is 7.98. The summed E-state index contributed by atoms with van der Waals surface area (Å²) in [7, 11) is 0. The Morgan fingerprint density at radius 3 is 2.82 bits per heavy atom. The summed E-state index contributed by atoms with van der Waals surface area (Å²) in [6.07, 6.45) is 7.72. The SMILES string of the molecule is CSc1ccc(CNC(=O)c2ccc3c(c2)OCCCN3c2cccc(N=CC=CN)c2)cc1. The number of anilines is 2. The largest absolute Gasteiger partial charge is 0.491 e. The van der Waals surface area contributed by atoms with Crippen LogP contribution in [0.5, 0.6) is 5.75 Å². The third-order valence-electron chi connectivity index (χ3n) is 5.47. The maximum absolute atomic E-state index is 12.8. The van der Waals surface area contributed by atoms with Gasteiger partial charge >= 0.3 is 0 Å². The first-order valence-electron chi connectivity index (χ1n) is 11.1. The van der Waals surface area contributed by atoms with Crippen LogP contribution < -0.4 is 20.7 Å². The smallest absolute Gasteiger partial charge is 0.251 e. The summed E-state index contributed by atoms with van der Waals surface area (Å²) in [6.45, 7) is 1.88. The van der Waals surface area contributed by atoms with E-state index in [0.29, 0.717) is 24.5 Å². The van der Waals surface area contributed by atoms with E-state index in [2.05, 4.69) is 33.4 Å². The van der Waals surface area contributed by atoms with Crippen LogP contribution >= 0.6 is 11.8 Å². The van der Waals surface area contributed by atoms with Crippen LogP contribution in [0.4, 0.5) is 17.1 Å². The zero-order valence-electron chi connectivity index (χ0n) is 19.1. The number of amides is 1. The van der Waals surface area contributed by atoms with Crippen LogP contribution in [0.25, 0.3) is 0 Å². The summed E-state index contributed by atoms with van der Waals surface area (Å²) in [5.74, 6) is 0.579. The van der Waals surface area contributed by atoms with Crippen molar-refractivity contribution < 1.29 is 9.53 Å². The zero-order chi connectivity index (χ0) is 23.8. The number of hydrogen-bond acceptors (Lipinski definition) is 6. The molecule has 4 rings (SSSR count).